The molecule has 2 nitrogen and oxygen atoms in total. The highest BCUT2D eigenvalue weighted by molar-refractivity contribution is 6.14. The number of ketones is 2. The van der Waals surface area contributed by atoms with E-state index in [1.807, 2.05) is 18.2 Å². The summed E-state index contributed by atoms with van der Waals surface area (Å²) in [7, 11) is 0. The lowest BCUT2D eigenvalue weighted by atomic mass is 10.1. The van der Waals surface area contributed by atoms with E-state index in [9.17, 15) is 9.59 Å². The number of carbonyl (C=O) groups is 2. The maximum Gasteiger partial charge on any atom is 0.167 e. The molecule has 0 unspecified atom stereocenters. The molecule has 0 radical (unpaired) electrons. The first-order valence-corrected chi connectivity index (χ1v) is 4.52. The van der Waals surface area contributed by atoms with Crippen molar-refractivity contribution in [2.24, 2.45) is 0 Å². The van der Waals surface area contributed by atoms with Gasteiger partial charge in [0, 0.05) is 12.0 Å². The van der Waals surface area contributed by atoms with Crippen LogP contribution >= 0.6 is 0 Å². The number of hydrogen-bond donors (Lipinski definition) is 0. The number of carbonyl (C=O) groups excluding carboxylic acids is 2. The van der Waals surface area contributed by atoms with Gasteiger partial charge in [-0.05, 0) is 24.1 Å². The predicted octanol–water partition coefficient (Wildman–Crippen LogP) is 2.25. The lowest BCUT2D eigenvalue weighted by Gasteiger charge is -1.96. The van der Waals surface area contributed by atoms with Gasteiger partial charge in [-0.25, -0.2) is 0 Å². The second-order valence-corrected chi connectivity index (χ2v) is 3.43. The zero-order valence-corrected chi connectivity index (χ0v) is 7.91. The van der Waals surface area contributed by atoms with E-state index in [0.717, 1.165) is 16.7 Å². The summed E-state index contributed by atoms with van der Waals surface area (Å²) < 4.78 is 0. The number of fused-ring (bicyclic) bond motifs is 1. The van der Waals surface area contributed by atoms with Crippen LogP contribution in [0.15, 0.2) is 30.3 Å². The summed E-state index contributed by atoms with van der Waals surface area (Å²) >= 11 is 0. The van der Waals surface area contributed by atoms with E-state index < -0.39 is 0 Å². The second-order valence-electron chi connectivity index (χ2n) is 3.43. The minimum Gasteiger partial charge on any atom is -0.295 e. The number of rotatable bonds is 1. The molecule has 1 aliphatic rings. The van der Waals surface area contributed by atoms with E-state index in [0.29, 0.717) is 6.42 Å². The van der Waals surface area contributed by atoms with Crippen LogP contribution in [0.2, 0.25) is 0 Å². The third-order valence-corrected chi connectivity index (χ3v) is 2.30. The fourth-order valence-electron chi connectivity index (χ4n) is 1.74. The quantitative estimate of drug-likeness (QED) is 0.630. The average Bonchev–Trinajstić information content (AvgIpc) is 2.44. The van der Waals surface area contributed by atoms with Gasteiger partial charge in [-0.1, -0.05) is 24.3 Å². The Kier molecular flexibility index (Phi) is 2.04. The molecule has 0 N–H and O–H groups in total. The number of allylic oxidation sites excluding steroid dienone is 2. The van der Waals surface area contributed by atoms with Crippen LogP contribution in [0.1, 0.15) is 29.3 Å². The van der Waals surface area contributed by atoms with E-state index in [1.165, 1.54) is 6.92 Å². The minimum absolute atomic E-state index is 0.00972. The number of Topliss-reactive ketones (excluding diaryl/α,β-unsaturated/α-hetero) is 1. The molecule has 1 aliphatic carbocycles. The van der Waals surface area contributed by atoms with Crippen molar-refractivity contribution in [2.75, 3.05) is 0 Å². The van der Waals surface area contributed by atoms with Crippen molar-refractivity contribution in [2.45, 2.75) is 13.3 Å². The van der Waals surface area contributed by atoms with Crippen LogP contribution < -0.4 is 0 Å². The SMILES string of the molecule is CC(=O)C=C1CC(=O)c2ccccc21. The summed E-state index contributed by atoms with van der Waals surface area (Å²) in [4.78, 5) is 22.4. The van der Waals surface area contributed by atoms with Gasteiger partial charge in [0.25, 0.3) is 0 Å². The number of hydrogen-bond acceptors (Lipinski definition) is 2. The highest BCUT2D eigenvalue weighted by atomic mass is 16.1. The molecule has 0 saturated carbocycles. The zero-order chi connectivity index (χ0) is 10.1. The van der Waals surface area contributed by atoms with Gasteiger partial charge < -0.3 is 0 Å². The molecule has 0 fully saturated rings. The first-order valence-electron chi connectivity index (χ1n) is 4.52. The Balaban J connectivity index is 2.54. The summed E-state index contributed by atoms with van der Waals surface area (Å²) in [6.45, 7) is 1.50. The van der Waals surface area contributed by atoms with Gasteiger partial charge in [-0.15, -0.1) is 0 Å². The van der Waals surface area contributed by atoms with Crippen molar-refractivity contribution < 1.29 is 9.59 Å². The van der Waals surface area contributed by atoms with Crippen LogP contribution in [0.5, 0.6) is 0 Å². The number of benzene rings is 1. The van der Waals surface area contributed by atoms with E-state index in [-0.39, 0.29) is 11.6 Å². The van der Waals surface area contributed by atoms with Crippen LogP contribution in [0.4, 0.5) is 0 Å². The van der Waals surface area contributed by atoms with Crippen molar-refractivity contribution in [1.82, 2.24) is 0 Å². The third kappa shape index (κ3) is 1.39. The van der Waals surface area contributed by atoms with Gasteiger partial charge in [0.1, 0.15) is 0 Å². The average molecular weight is 186 g/mol. The topological polar surface area (TPSA) is 34.1 Å². The molecule has 14 heavy (non-hydrogen) atoms. The fraction of sp³-hybridized carbons (Fsp3) is 0.167. The summed E-state index contributed by atoms with van der Waals surface area (Å²) in [5.41, 5.74) is 2.49. The lowest BCUT2D eigenvalue weighted by Crippen LogP contribution is -1.89. The maximum absolute atomic E-state index is 11.5. The Morgan fingerprint density at radius 2 is 1.93 bits per heavy atom. The maximum atomic E-state index is 11.5. The largest absolute Gasteiger partial charge is 0.295 e. The highest BCUT2D eigenvalue weighted by Gasteiger charge is 2.23. The summed E-state index contributed by atoms with van der Waals surface area (Å²) in [6, 6.07) is 7.41. The Labute approximate surface area is 82.2 Å². The molecule has 0 atom stereocenters. The first-order chi connectivity index (χ1) is 6.68. The summed E-state index contributed by atoms with van der Waals surface area (Å²) in [5.74, 6) is 0.0950. The van der Waals surface area contributed by atoms with Gasteiger partial charge in [0.05, 0.1) is 0 Å². The van der Waals surface area contributed by atoms with Crippen molar-refractivity contribution in [3.8, 4) is 0 Å². The molecule has 0 saturated heterocycles. The highest BCUT2D eigenvalue weighted by Crippen LogP contribution is 2.31. The second kappa shape index (κ2) is 3.22. The molecule has 0 bridgehead atoms. The fourth-order valence-corrected chi connectivity index (χ4v) is 1.74. The molecule has 2 heteroatoms. The zero-order valence-electron chi connectivity index (χ0n) is 7.91. The predicted molar refractivity (Wildman–Crippen MR) is 54.0 cm³/mol. The van der Waals surface area contributed by atoms with Crippen LogP contribution in [0, 0.1) is 0 Å². The molecule has 70 valence electrons. The molecule has 2 rings (SSSR count). The monoisotopic (exact) mass is 186 g/mol. The smallest absolute Gasteiger partial charge is 0.167 e. The van der Waals surface area contributed by atoms with Crippen LogP contribution in [0.3, 0.4) is 0 Å². The van der Waals surface area contributed by atoms with Gasteiger partial charge in [-0.3, -0.25) is 9.59 Å². The minimum atomic E-state index is -0.00972. The Bertz CT molecular complexity index is 441. The Morgan fingerprint density at radius 1 is 1.29 bits per heavy atom. The van der Waals surface area contributed by atoms with Gasteiger partial charge in [0.15, 0.2) is 11.6 Å². The molecular formula is C12H10O2. The van der Waals surface area contributed by atoms with Gasteiger partial charge in [-0.2, -0.15) is 0 Å². The van der Waals surface area contributed by atoms with Crippen LogP contribution in [0.25, 0.3) is 5.57 Å². The van der Waals surface area contributed by atoms with Crippen molar-refractivity contribution >= 4 is 17.1 Å². The van der Waals surface area contributed by atoms with Crippen molar-refractivity contribution in [3.05, 3.63) is 41.5 Å². The lowest BCUT2D eigenvalue weighted by molar-refractivity contribution is -0.112. The summed E-state index contributed by atoms with van der Waals surface area (Å²) in [6.07, 6.45) is 1.91. The molecule has 0 spiro atoms. The van der Waals surface area contributed by atoms with E-state index in [4.69, 9.17) is 0 Å². The van der Waals surface area contributed by atoms with Crippen LogP contribution in [-0.4, -0.2) is 11.6 Å². The Morgan fingerprint density at radius 3 is 2.57 bits per heavy atom. The molecule has 0 heterocycles. The molecule has 0 aliphatic heterocycles. The van der Waals surface area contributed by atoms with Crippen molar-refractivity contribution in [3.63, 3.8) is 0 Å². The van der Waals surface area contributed by atoms with E-state index in [1.54, 1.807) is 12.1 Å². The van der Waals surface area contributed by atoms with Gasteiger partial charge >= 0.3 is 0 Å². The first kappa shape index (κ1) is 8.88. The molecule has 1 aromatic carbocycles. The third-order valence-electron chi connectivity index (χ3n) is 2.30. The summed E-state index contributed by atoms with van der Waals surface area (Å²) in [5, 5.41) is 0. The normalized spacial score (nSPS) is 17.2. The van der Waals surface area contributed by atoms with Crippen LogP contribution in [-0.2, 0) is 4.79 Å². The molecule has 0 aromatic heterocycles. The van der Waals surface area contributed by atoms with Gasteiger partial charge in [0.2, 0.25) is 0 Å². The molecule has 0 amide bonds. The molecule has 1 aromatic rings. The van der Waals surface area contributed by atoms with Crippen molar-refractivity contribution in [1.29, 1.82) is 0 Å². The van der Waals surface area contributed by atoms with E-state index in [2.05, 4.69) is 0 Å². The molecular weight excluding hydrogens is 176 g/mol. The Hall–Kier alpha value is -1.70. The standard InChI is InChI=1S/C12H10O2/c1-8(13)6-9-7-12(14)11-5-3-2-4-10(9)11/h2-6H,7H2,1H3. The van der Waals surface area contributed by atoms with E-state index >= 15 is 0 Å².